The number of anilines is 1. The molecule has 3 heteroatoms. The zero-order valence-electron chi connectivity index (χ0n) is 12.7. The maximum absolute atomic E-state index is 11.5. The topological polar surface area (TPSA) is 20.3 Å². The van der Waals surface area contributed by atoms with Crippen LogP contribution in [0.2, 0.25) is 5.02 Å². The van der Waals surface area contributed by atoms with Gasteiger partial charge in [0.15, 0.2) is 5.78 Å². The van der Waals surface area contributed by atoms with Crippen LogP contribution >= 0.6 is 11.6 Å². The van der Waals surface area contributed by atoms with Crippen LogP contribution in [0.4, 0.5) is 5.69 Å². The van der Waals surface area contributed by atoms with Gasteiger partial charge in [-0.15, -0.1) is 0 Å². The van der Waals surface area contributed by atoms with E-state index in [0.717, 1.165) is 47.7 Å². The van der Waals surface area contributed by atoms with Crippen molar-refractivity contribution < 1.29 is 4.79 Å². The second kappa shape index (κ2) is 7.46. The number of halogens is 1. The first kappa shape index (κ1) is 15.8. The average Bonchev–Trinajstić information content (AvgIpc) is 2.86. The third kappa shape index (κ3) is 4.21. The Morgan fingerprint density at radius 2 is 2.14 bits per heavy atom. The number of benzene rings is 1. The second-order valence-electron chi connectivity index (χ2n) is 5.46. The monoisotopic (exact) mass is 303 g/mol. The van der Waals surface area contributed by atoms with Crippen LogP contribution < -0.4 is 4.90 Å². The summed E-state index contributed by atoms with van der Waals surface area (Å²) >= 11 is 6.33. The van der Waals surface area contributed by atoms with E-state index in [0.29, 0.717) is 6.42 Å². The van der Waals surface area contributed by atoms with Crippen molar-refractivity contribution in [2.24, 2.45) is 0 Å². The Morgan fingerprint density at radius 3 is 2.76 bits per heavy atom. The molecule has 0 aliphatic heterocycles. The Kier molecular flexibility index (Phi) is 5.63. The standard InChI is InChI=1S/C18H22ClNO/c1-3-12-20(2)16-11-10-14(17(19)13-16)6-4-7-15-8-5-9-18(15)21/h4,6-7,10-11,13H,3,5,8-9,12H2,1-2H3. The van der Waals surface area contributed by atoms with Crippen molar-refractivity contribution in [3.05, 3.63) is 46.5 Å². The second-order valence-corrected chi connectivity index (χ2v) is 5.86. The highest BCUT2D eigenvalue weighted by Gasteiger charge is 2.15. The first-order valence-corrected chi connectivity index (χ1v) is 7.90. The maximum Gasteiger partial charge on any atom is 0.158 e. The quantitative estimate of drug-likeness (QED) is 0.723. The van der Waals surface area contributed by atoms with Gasteiger partial charge in [0.2, 0.25) is 0 Å². The third-order valence-corrected chi connectivity index (χ3v) is 4.09. The van der Waals surface area contributed by atoms with Gasteiger partial charge in [-0.05, 0) is 42.5 Å². The maximum atomic E-state index is 11.5. The van der Waals surface area contributed by atoms with Crippen LogP contribution in [0.5, 0.6) is 0 Å². The number of nitrogens with zero attached hydrogens (tertiary/aromatic N) is 1. The highest BCUT2D eigenvalue weighted by atomic mass is 35.5. The number of hydrogen-bond donors (Lipinski definition) is 0. The molecule has 21 heavy (non-hydrogen) atoms. The van der Waals surface area contributed by atoms with Crippen LogP contribution in [0.3, 0.4) is 0 Å². The lowest BCUT2D eigenvalue weighted by Crippen LogP contribution is -2.17. The summed E-state index contributed by atoms with van der Waals surface area (Å²) in [6, 6.07) is 6.09. The predicted molar refractivity (Wildman–Crippen MR) is 91.0 cm³/mol. The van der Waals surface area contributed by atoms with Crippen molar-refractivity contribution >= 4 is 29.1 Å². The number of hydrogen-bond acceptors (Lipinski definition) is 2. The number of allylic oxidation sites excluding steroid dienone is 3. The zero-order valence-corrected chi connectivity index (χ0v) is 13.5. The Bertz CT molecular complexity index is 575. The fourth-order valence-electron chi connectivity index (χ4n) is 2.54. The summed E-state index contributed by atoms with van der Waals surface area (Å²) in [6.07, 6.45) is 9.49. The van der Waals surface area contributed by atoms with Gasteiger partial charge >= 0.3 is 0 Å². The molecule has 112 valence electrons. The Hall–Kier alpha value is -1.54. The molecule has 0 unspecified atom stereocenters. The molecular weight excluding hydrogens is 282 g/mol. The average molecular weight is 304 g/mol. The van der Waals surface area contributed by atoms with Gasteiger partial charge in [-0.2, -0.15) is 0 Å². The van der Waals surface area contributed by atoms with E-state index >= 15 is 0 Å². The van der Waals surface area contributed by atoms with E-state index in [1.54, 1.807) is 0 Å². The molecule has 1 fully saturated rings. The van der Waals surface area contributed by atoms with Gasteiger partial charge in [0, 0.05) is 30.7 Å². The Balaban J connectivity index is 2.09. The summed E-state index contributed by atoms with van der Waals surface area (Å²) in [5.41, 5.74) is 3.04. The van der Waals surface area contributed by atoms with Crippen molar-refractivity contribution in [2.75, 3.05) is 18.5 Å². The number of Topliss-reactive ketones (excluding diaryl/α,β-unsaturated/α-hetero) is 1. The minimum absolute atomic E-state index is 0.280. The summed E-state index contributed by atoms with van der Waals surface area (Å²) in [6.45, 7) is 3.17. The van der Waals surface area contributed by atoms with E-state index in [1.165, 1.54) is 0 Å². The minimum atomic E-state index is 0.280. The fourth-order valence-corrected chi connectivity index (χ4v) is 2.77. The molecule has 0 radical (unpaired) electrons. The summed E-state index contributed by atoms with van der Waals surface area (Å²) < 4.78 is 0. The van der Waals surface area contributed by atoms with E-state index in [2.05, 4.69) is 24.9 Å². The lowest BCUT2D eigenvalue weighted by Gasteiger charge is -2.18. The molecule has 1 aromatic carbocycles. The molecule has 2 rings (SSSR count). The molecule has 0 aromatic heterocycles. The van der Waals surface area contributed by atoms with E-state index < -0.39 is 0 Å². The van der Waals surface area contributed by atoms with Crippen LogP contribution in [0.25, 0.3) is 6.08 Å². The van der Waals surface area contributed by atoms with Crippen LogP contribution in [0, 0.1) is 0 Å². The van der Waals surface area contributed by atoms with Crippen molar-refractivity contribution in [3.63, 3.8) is 0 Å². The van der Waals surface area contributed by atoms with Gasteiger partial charge in [-0.25, -0.2) is 0 Å². The fraction of sp³-hybridized carbons (Fsp3) is 0.389. The van der Waals surface area contributed by atoms with Crippen molar-refractivity contribution in [1.29, 1.82) is 0 Å². The van der Waals surface area contributed by atoms with Crippen LogP contribution in [-0.2, 0) is 4.79 Å². The first-order valence-electron chi connectivity index (χ1n) is 7.53. The molecule has 1 aliphatic rings. The number of carbonyl (C=O) groups excluding carboxylic acids is 1. The highest BCUT2D eigenvalue weighted by Crippen LogP contribution is 2.25. The van der Waals surface area contributed by atoms with Gasteiger partial charge in [-0.1, -0.05) is 42.8 Å². The summed E-state index contributed by atoms with van der Waals surface area (Å²) in [5.74, 6) is 0.280. The Morgan fingerprint density at radius 1 is 1.33 bits per heavy atom. The molecule has 0 spiro atoms. The smallest absolute Gasteiger partial charge is 0.158 e. The number of carbonyl (C=O) groups is 1. The predicted octanol–water partition coefficient (Wildman–Crippen LogP) is 4.88. The van der Waals surface area contributed by atoms with Gasteiger partial charge in [0.05, 0.1) is 0 Å². The molecule has 1 saturated carbocycles. The van der Waals surface area contributed by atoms with Crippen molar-refractivity contribution in [3.8, 4) is 0 Å². The van der Waals surface area contributed by atoms with Crippen LogP contribution in [0.1, 0.15) is 38.2 Å². The number of rotatable bonds is 5. The van der Waals surface area contributed by atoms with Gasteiger partial charge in [-0.3, -0.25) is 4.79 Å². The third-order valence-electron chi connectivity index (χ3n) is 3.77. The molecule has 0 saturated heterocycles. The molecule has 1 aromatic rings. The molecule has 0 amide bonds. The van der Waals surface area contributed by atoms with Crippen molar-refractivity contribution in [2.45, 2.75) is 32.6 Å². The molecule has 0 atom stereocenters. The largest absolute Gasteiger partial charge is 0.375 e. The molecule has 0 heterocycles. The van der Waals surface area contributed by atoms with E-state index in [1.807, 2.05) is 30.4 Å². The zero-order chi connectivity index (χ0) is 15.2. The molecular formula is C18H22ClNO. The SMILES string of the molecule is CCCN(C)c1ccc(C=CC=C2CCCC2=O)c(Cl)c1. The minimum Gasteiger partial charge on any atom is -0.375 e. The molecule has 0 bridgehead atoms. The van der Waals surface area contributed by atoms with E-state index in [4.69, 9.17) is 11.6 Å². The van der Waals surface area contributed by atoms with Gasteiger partial charge < -0.3 is 4.90 Å². The van der Waals surface area contributed by atoms with E-state index in [9.17, 15) is 4.79 Å². The van der Waals surface area contributed by atoms with Crippen LogP contribution in [0.15, 0.2) is 35.9 Å². The summed E-state index contributed by atoms with van der Waals surface area (Å²) in [4.78, 5) is 13.7. The number of ketones is 1. The first-order chi connectivity index (χ1) is 10.1. The lowest BCUT2D eigenvalue weighted by atomic mass is 10.1. The van der Waals surface area contributed by atoms with Gasteiger partial charge in [0.1, 0.15) is 0 Å². The summed E-state index contributed by atoms with van der Waals surface area (Å²) in [7, 11) is 2.07. The molecule has 1 aliphatic carbocycles. The Labute approximate surface area is 132 Å². The molecule has 0 N–H and O–H groups in total. The summed E-state index contributed by atoms with van der Waals surface area (Å²) in [5, 5.41) is 0.739. The van der Waals surface area contributed by atoms with E-state index in [-0.39, 0.29) is 5.78 Å². The normalized spacial score (nSPS) is 17.1. The van der Waals surface area contributed by atoms with Crippen LogP contribution in [-0.4, -0.2) is 19.4 Å². The lowest BCUT2D eigenvalue weighted by molar-refractivity contribution is -0.114. The van der Waals surface area contributed by atoms with Gasteiger partial charge in [0.25, 0.3) is 0 Å². The highest BCUT2D eigenvalue weighted by molar-refractivity contribution is 6.32. The molecule has 2 nitrogen and oxygen atoms in total. The van der Waals surface area contributed by atoms with Crippen molar-refractivity contribution in [1.82, 2.24) is 0 Å².